The summed E-state index contributed by atoms with van der Waals surface area (Å²) in [5.74, 6) is 0.494. The van der Waals surface area contributed by atoms with Crippen LogP contribution in [0.1, 0.15) is 18.4 Å². The number of aromatic nitrogens is 1. The molecular weight excluding hydrogens is 371 g/mol. The maximum Gasteiger partial charge on any atom is 0.257 e. The summed E-state index contributed by atoms with van der Waals surface area (Å²) in [5.41, 5.74) is 2.27. The maximum atomic E-state index is 12.1. The first-order valence-electron chi connectivity index (χ1n) is 8.48. The number of ether oxygens (including phenoxy) is 1. The number of halogens is 2. The summed E-state index contributed by atoms with van der Waals surface area (Å²) < 4.78 is 5.49. The lowest BCUT2D eigenvalue weighted by molar-refractivity contribution is -0.123. The van der Waals surface area contributed by atoms with Gasteiger partial charge in [0.15, 0.2) is 6.61 Å². The predicted octanol–water partition coefficient (Wildman–Crippen LogP) is 4.70. The summed E-state index contributed by atoms with van der Waals surface area (Å²) in [5, 5.41) is 5.51. The minimum Gasteiger partial charge on any atom is -0.484 e. The molecule has 1 aliphatic rings. The maximum absolute atomic E-state index is 12.1. The molecule has 0 bridgehead atoms. The van der Waals surface area contributed by atoms with Crippen LogP contribution in [0.15, 0.2) is 48.7 Å². The van der Waals surface area contributed by atoms with Crippen LogP contribution in [0.4, 0.5) is 0 Å². The molecule has 0 saturated heterocycles. The summed E-state index contributed by atoms with van der Waals surface area (Å²) in [4.78, 5) is 15.4. The van der Waals surface area contributed by atoms with Crippen LogP contribution < -0.4 is 10.1 Å². The molecular formula is C20H18Cl2N2O2. The van der Waals surface area contributed by atoms with Gasteiger partial charge in [0.05, 0.1) is 0 Å². The van der Waals surface area contributed by atoms with Gasteiger partial charge < -0.3 is 15.0 Å². The van der Waals surface area contributed by atoms with E-state index in [2.05, 4.69) is 10.3 Å². The Balaban J connectivity index is 1.37. The van der Waals surface area contributed by atoms with E-state index in [9.17, 15) is 4.79 Å². The Hall–Kier alpha value is -2.17. The van der Waals surface area contributed by atoms with Gasteiger partial charge in [0.2, 0.25) is 0 Å². The molecule has 134 valence electrons. The molecule has 4 nitrogen and oxygen atoms in total. The molecule has 0 atom stereocenters. The summed E-state index contributed by atoms with van der Waals surface area (Å²) in [6.45, 7) is 0.590. The van der Waals surface area contributed by atoms with Gasteiger partial charge >= 0.3 is 0 Å². The zero-order valence-corrected chi connectivity index (χ0v) is 15.5. The van der Waals surface area contributed by atoms with Crippen LogP contribution in [0.25, 0.3) is 10.9 Å². The molecule has 1 amide bonds. The number of H-pyrrole nitrogens is 1. The number of carbonyl (C=O) groups is 1. The van der Waals surface area contributed by atoms with Crippen molar-refractivity contribution < 1.29 is 9.53 Å². The third kappa shape index (κ3) is 3.53. The summed E-state index contributed by atoms with van der Waals surface area (Å²) >= 11 is 11.9. The smallest absolute Gasteiger partial charge is 0.257 e. The number of rotatable bonds is 6. The van der Waals surface area contributed by atoms with Crippen molar-refractivity contribution in [3.8, 4) is 5.75 Å². The van der Waals surface area contributed by atoms with Crippen molar-refractivity contribution in [1.82, 2.24) is 10.3 Å². The Labute approximate surface area is 161 Å². The van der Waals surface area contributed by atoms with Crippen LogP contribution in [-0.2, 0) is 10.2 Å². The number of hydrogen-bond acceptors (Lipinski definition) is 2. The van der Waals surface area contributed by atoms with Crippen LogP contribution in [0.5, 0.6) is 5.75 Å². The van der Waals surface area contributed by atoms with Crippen molar-refractivity contribution in [2.75, 3.05) is 13.2 Å². The van der Waals surface area contributed by atoms with E-state index in [1.165, 1.54) is 10.9 Å². The highest BCUT2D eigenvalue weighted by Gasteiger charge is 2.45. The number of amides is 1. The molecule has 1 fully saturated rings. The molecule has 1 saturated carbocycles. The Kier molecular flexibility index (Phi) is 4.55. The first-order valence-corrected chi connectivity index (χ1v) is 9.24. The predicted molar refractivity (Wildman–Crippen MR) is 104 cm³/mol. The third-order valence-electron chi connectivity index (χ3n) is 4.88. The Morgan fingerprint density at radius 2 is 1.85 bits per heavy atom. The Morgan fingerprint density at radius 3 is 2.58 bits per heavy atom. The van der Waals surface area contributed by atoms with Gasteiger partial charge in [-0.05, 0) is 54.8 Å². The van der Waals surface area contributed by atoms with E-state index in [0.717, 1.165) is 18.4 Å². The van der Waals surface area contributed by atoms with Crippen molar-refractivity contribution in [2.45, 2.75) is 18.3 Å². The normalized spacial score (nSPS) is 15.0. The fraction of sp³-hybridized carbons (Fsp3) is 0.250. The van der Waals surface area contributed by atoms with Gasteiger partial charge in [-0.3, -0.25) is 4.79 Å². The fourth-order valence-electron chi connectivity index (χ4n) is 3.23. The summed E-state index contributed by atoms with van der Waals surface area (Å²) in [6, 6.07) is 12.8. The second-order valence-corrected chi connectivity index (χ2v) is 7.56. The lowest BCUT2D eigenvalue weighted by Gasteiger charge is -2.16. The molecule has 0 spiro atoms. The first kappa shape index (κ1) is 17.3. The Morgan fingerprint density at radius 1 is 1.12 bits per heavy atom. The molecule has 2 N–H and O–H groups in total. The quantitative estimate of drug-likeness (QED) is 0.642. The van der Waals surface area contributed by atoms with Gasteiger partial charge in [-0.1, -0.05) is 29.3 Å². The van der Waals surface area contributed by atoms with E-state index in [1.807, 2.05) is 24.4 Å². The van der Waals surface area contributed by atoms with Crippen molar-refractivity contribution in [1.29, 1.82) is 0 Å². The van der Waals surface area contributed by atoms with Crippen LogP contribution in [0.3, 0.4) is 0 Å². The Bertz CT molecular complexity index is 946. The number of fused-ring (bicyclic) bond motifs is 1. The monoisotopic (exact) mass is 388 g/mol. The van der Waals surface area contributed by atoms with Gasteiger partial charge in [-0.2, -0.15) is 0 Å². The molecule has 1 heterocycles. The van der Waals surface area contributed by atoms with E-state index in [4.69, 9.17) is 27.9 Å². The van der Waals surface area contributed by atoms with Crippen molar-refractivity contribution in [3.05, 3.63) is 64.3 Å². The number of nitrogens with one attached hydrogen (secondary N) is 2. The number of benzene rings is 2. The highest BCUT2D eigenvalue weighted by atomic mass is 35.5. The zero-order valence-electron chi connectivity index (χ0n) is 14.0. The topological polar surface area (TPSA) is 54.1 Å². The van der Waals surface area contributed by atoms with E-state index in [1.54, 1.807) is 24.3 Å². The molecule has 3 aromatic rings. The summed E-state index contributed by atoms with van der Waals surface area (Å²) in [7, 11) is 0. The van der Waals surface area contributed by atoms with E-state index in [0.29, 0.717) is 22.3 Å². The van der Waals surface area contributed by atoms with Crippen LogP contribution in [0, 0.1) is 0 Å². The van der Waals surface area contributed by atoms with Crippen LogP contribution in [0.2, 0.25) is 10.0 Å². The first-order chi connectivity index (χ1) is 12.6. The van der Waals surface area contributed by atoms with Gasteiger partial charge in [0.25, 0.3) is 5.91 Å². The van der Waals surface area contributed by atoms with Crippen molar-refractivity contribution in [2.24, 2.45) is 0 Å². The second kappa shape index (κ2) is 6.86. The van der Waals surface area contributed by atoms with E-state index in [-0.39, 0.29) is 17.9 Å². The van der Waals surface area contributed by atoms with Crippen molar-refractivity contribution in [3.63, 3.8) is 0 Å². The van der Waals surface area contributed by atoms with Crippen LogP contribution in [-0.4, -0.2) is 24.0 Å². The van der Waals surface area contributed by atoms with Crippen molar-refractivity contribution >= 4 is 40.0 Å². The van der Waals surface area contributed by atoms with Gasteiger partial charge in [-0.25, -0.2) is 0 Å². The summed E-state index contributed by atoms with van der Waals surface area (Å²) in [6.07, 6.45) is 4.15. The molecule has 0 unspecified atom stereocenters. The lowest BCUT2D eigenvalue weighted by Crippen LogP contribution is -2.35. The minimum absolute atomic E-state index is 0.00200. The molecule has 0 radical (unpaired) electrons. The van der Waals surface area contributed by atoms with Gasteiger partial charge in [0.1, 0.15) is 5.75 Å². The molecule has 26 heavy (non-hydrogen) atoms. The molecule has 0 aliphatic heterocycles. The fourth-order valence-corrected chi connectivity index (χ4v) is 3.53. The third-order valence-corrected chi connectivity index (χ3v) is 5.36. The van der Waals surface area contributed by atoms with Gasteiger partial charge in [0, 0.05) is 39.1 Å². The molecule has 4 rings (SSSR count). The minimum atomic E-state index is -0.130. The van der Waals surface area contributed by atoms with E-state index < -0.39 is 0 Å². The SMILES string of the molecule is O=C(COc1ccc(Cl)cc1)NCC1(c2c[nH]c3cc(Cl)ccc23)CC1. The highest BCUT2D eigenvalue weighted by Crippen LogP contribution is 2.50. The zero-order chi connectivity index (χ0) is 18.1. The molecule has 6 heteroatoms. The lowest BCUT2D eigenvalue weighted by atomic mass is 9.95. The molecule has 1 aliphatic carbocycles. The average molecular weight is 389 g/mol. The van der Waals surface area contributed by atoms with E-state index >= 15 is 0 Å². The standard InChI is InChI=1S/C20H18Cl2N2O2/c21-13-1-4-15(5-2-13)26-11-19(25)24-12-20(7-8-20)17-10-23-18-9-14(22)3-6-16(17)18/h1-6,9-10,23H,7-8,11-12H2,(H,24,25). The average Bonchev–Trinajstić information content (AvgIpc) is 3.31. The largest absolute Gasteiger partial charge is 0.484 e. The molecule has 1 aromatic heterocycles. The number of hydrogen-bond donors (Lipinski definition) is 2. The van der Waals surface area contributed by atoms with Crippen LogP contribution >= 0.6 is 23.2 Å². The highest BCUT2D eigenvalue weighted by molar-refractivity contribution is 6.31. The number of carbonyl (C=O) groups excluding carboxylic acids is 1. The molecule has 2 aromatic carbocycles. The number of aromatic amines is 1. The second-order valence-electron chi connectivity index (χ2n) is 6.69. The van der Waals surface area contributed by atoms with Gasteiger partial charge in [-0.15, -0.1) is 0 Å².